The number of aliphatic hydroxyl groups excluding tert-OH is 1. The molecule has 0 aliphatic heterocycles. The maximum atomic E-state index is 12.7. The number of amides is 1. The fraction of sp³-hybridized carbons (Fsp3) is 0.895. The molecule has 1 unspecified atom stereocenters. The minimum absolute atomic E-state index is 0. The van der Waals surface area contributed by atoms with Gasteiger partial charge in [0, 0.05) is 12.6 Å². The summed E-state index contributed by atoms with van der Waals surface area (Å²) in [6, 6.07) is -1.55. The lowest BCUT2D eigenvalue weighted by Gasteiger charge is -2.27. The second kappa shape index (κ2) is 16.2. The topological polar surface area (TPSA) is 114 Å². The SMILES string of the molecule is COC(=O)[C@@H](NC(=O)[C@H](CC(C)C)NCC(O)[C@@H](N)CC(C)C)C(C)C.Cl.Cl. The van der Waals surface area contributed by atoms with Crippen LogP contribution in [-0.4, -0.2) is 54.9 Å². The van der Waals surface area contributed by atoms with E-state index in [0.29, 0.717) is 18.8 Å². The number of aliphatic hydroxyl groups is 1. The van der Waals surface area contributed by atoms with Crippen LogP contribution in [0.3, 0.4) is 0 Å². The predicted octanol–water partition coefficient (Wildman–Crippen LogP) is 1.88. The van der Waals surface area contributed by atoms with Crippen LogP contribution in [0.2, 0.25) is 0 Å². The second-order valence-electron chi connectivity index (χ2n) is 8.20. The van der Waals surface area contributed by atoms with Gasteiger partial charge in [0.25, 0.3) is 0 Å². The van der Waals surface area contributed by atoms with E-state index in [2.05, 4.69) is 10.6 Å². The van der Waals surface area contributed by atoms with E-state index in [1.807, 2.05) is 41.5 Å². The summed E-state index contributed by atoms with van der Waals surface area (Å²) < 4.78 is 4.77. The monoisotopic (exact) mass is 445 g/mol. The lowest BCUT2D eigenvalue weighted by molar-refractivity contribution is -0.146. The zero-order valence-corrected chi connectivity index (χ0v) is 19.9. The largest absolute Gasteiger partial charge is 0.467 e. The second-order valence-corrected chi connectivity index (χ2v) is 8.20. The van der Waals surface area contributed by atoms with E-state index in [0.717, 1.165) is 0 Å². The molecule has 0 bridgehead atoms. The highest BCUT2D eigenvalue weighted by Gasteiger charge is 2.29. The van der Waals surface area contributed by atoms with Gasteiger partial charge in [0.05, 0.1) is 19.3 Å². The highest BCUT2D eigenvalue weighted by atomic mass is 35.5. The van der Waals surface area contributed by atoms with Gasteiger partial charge in [0.15, 0.2) is 0 Å². The third kappa shape index (κ3) is 12.8. The van der Waals surface area contributed by atoms with Crippen LogP contribution in [0.5, 0.6) is 0 Å². The van der Waals surface area contributed by atoms with Crippen LogP contribution >= 0.6 is 24.8 Å². The molecule has 1 amide bonds. The van der Waals surface area contributed by atoms with E-state index in [9.17, 15) is 14.7 Å². The van der Waals surface area contributed by atoms with Crippen molar-refractivity contribution in [3.8, 4) is 0 Å². The van der Waals surface area contributed by atoms with Gasteiger partial charge in [-0.3, -0.25) is 4.79 Å². The Labute approximate surface area is 182 Å². The zero-order chi connectivity index (χ0) is 20.4. The van der Waals surface area contributed by atoms with Gasteiger partial charge in [0.1, 0.15) is 6.04 Å². The maximum Gasteiger partial charge on any atom is 0.328 e. The summed E-state index contributed by atoms with van der Waals surface area (Å²) >= 11 is 0. The third-order valence-corrected chi connectivity index (χ3v) is 4.25. The summed E-state index contributed by atoms with van der Waals surface area (Å²) in [4.78, 5) is 24.6. The molecule has 0 aliphatic rings. The Morgan fingerprint density at radius 2 is 1.50 bits per heavy atom. The van der Waals surface area contributed by atoms with Crippen molar-refractivity contribution in [2.24, 2.45) is 23.5 Å². The van der Waals surface area contributed by atoms with Gasteiger partial charge in [-0.05, 0) is 30.6 Å². The van der Waals surface area contributed by atoms with Gasteiger partial charge < -0.3 is 26.2 Å². The number of methoxy groups -OCH3 is 1. The van der Waals surface area contributed by atoms with Crippen LogP contribution in [-0.2, 0) is 14.3 Å². The molecule has 0 rings (SSSR count). The first-order valence-corrected chi connectivity index (χ1v) is 9.54. The third-order valence-electron chi connectivity index (χ3n) is 4.25. The Balaban J connectivity index is -0.00000312. The fourth-order valence-corrected chi connectivity index (χ4v) is 2.75. The minimum atomic E-state index is -0.735. The Bertz CT molecular complexity index is 437. The predicted molar refractivity (Wildman–Crippen MR) is 118 cm³/mol. The first kappa shape index (κ1) is 32.1. The first-order chi connectivity index (χ1) is 12.0. The average molecular weight is 446 g/mol. The smallest absolute Gasteiger partial charge is 0.328 e. The van der Waals surface area contributed by atoms with Crippen molar-refractivity contribution >= 4 is 36.7 Å². The lowest BCUT2D eigenvalue weighted by Crippen LogP contribution is -2.54. The summed E-state index contributed by atoms with van der Waals surface area (Å²) in [6.45, 7) is 12.1. The standard InChI is InChI=1S/C19H39N3O4.2ClH/c1-11(2)8-14(20)16(23)10-21-15(9-12(3)4)18(24)22-17(13(5)6)19(25)26-7;;/h11-17,21,23H,8-10,20H2,1-7H3,(H,22,24);2*1H/t14-,15-,16?,17-;;/m0../s1. The van der Waals surface area contributed by atoms with Crippen molar-refractivity contribution in [1.29, 1.82) is 0 Å². The summed E-state index contributed by atoms with van der Waals surface area (Å²) in [7, 11) is 1.31. The molecule has 0 heterocycles. The van der Waals surface area contributed by atoms with E-state index in [1.165, 1.54) is 7.11 Å². The number of halogens is 2. The van der Waals surface area contributed by atoms with Gasteiger partial charge in [-0.1, -0.05) is 41.5 Å². The van der Waals surface area contributed by atoms with Crippen molar-refractivity contribution in [3.63, 3.8) is 0 Å². The highest BCUT2D eigenvalue weighted by Crippen LogP contribution is 2.10. The molecule has 0 aromatic carbocycles. The van der Waals surface area contributed by atoms with E-state index >= 15 is 0 Å². The van der Waals surface area contributed by atoms with E-state index in [-0.39, 0.29) is 55.1 Å². The number of hydrogen-bond donors (Lipinski definition) is 4. The molecule has 0 aromatic rings. The Morgan fingerprint density at radius 1 is 1.00 bits per heavy atom. The van der Waals surface area contributed by atoms with E-state index in [1.54, 1.807) is 0 Å². The van der Waals surface area contributed by atoms with Crippen LogP contribution in [0.1, 0.15) is 54.4 Å². The molecule has 0 aromatic heterocycles. The van der Waals surface area contributed by atoms with Gasteiger partial charge in [-0.2, -0.15) is 0 Å². The Hall–Kier alpha value is -0.600. The van der Waals surface area contributed by atoms with Crippen molar-refractivity contribution in [3.05, 3.63) is 0 Å². The average Bonchev–Trinajstić information content (AvgIpc) is 2.53. The van der Waals surface area contributed by atoms with E-state index in [4.69, 9.17) is 10.5 Å². The maximum absolute atomic E-state index is 12.7. The van der Waals surface area contributed by atoms with Crippen LogP contribution in [0.15, 0.2) is 0 Å². The van der Waals surface area contributed by atoms with Crippen LogP contribution in [0, 0.1) is 17.8 Å². The van der Waals surface area contributed by atoms with Gasteiger partial charge >= 0.3 is 5.97 Å². The van der Waals surface area contributed by atoms with Crippen molar-refractivity contribution in [1.82, 2.24) is 10.6 Å². The number of hydrogen-bond acceptors (Lipinski definition) is 6. The number of rotatable bonds is 12. The summed E-state index contributed by atoms with van der Waals surface area (Å²) in [5.41, 5.74) is 6.01. The fourth-order valence-electron chi connectivity index (χ4n) is 2.75. The molecule has 7 nitrogen and oxygen atoms in total. The molecule has 5 N–H and O–H groups in total. The molecular weight excluding hydrogens is 405 g/mol. The Kier molecular flexibility index (Phi) is 18.6. The van der Waals surface area contributed by atoms with Crippen molar-refractivity contribution in [2.45, 2.75) is 78.6 Å². The molecule has 9 heteroatoms. The number of nitrogens with two attached hydrogens (primary N) is 1. The summed E-state index contributed by atoms with van der Waals surface area (Å²) in [5, 5.41) is 16.1. The molecule has 28 heavy (non-hydrogen) atoms. The molecule has 0 saturated heterocycles. The Morgan fingerprint density at radius 3 is 1.89 bits per heavy atom. The molecule has 0 radical (unpaired) electrons. The summed E-state index contributed by atoms with van der Waals surface area (Å²) in [5.74, 6) is -0.157. The number of esters is 1. The van der Waals surface area contributed by atoms with Crippen LogP contribution in [0.25, 0.3) is 0 Å². The van der Waals surface area contributed by atoms with Crippen LogP contribution < -0.4 is 16.4 Å². The minimum Gasteiger partial charge on any atom is -0.467 e. The van der Waals surface area contributed by atoms with Crippen LogP contribution in [0.4, 0.5) is 0 Å². The quantitative estimate of drug-likeness (QED) is 0.341. The van der Waals surface area contributed by atoms with Crippen molar-refractivity contribution < 1.29 is 19.4 Å². The number of nitrogens with one attached hydrogen (secondary N) is 2. The molecule has 0 spiro atoms. The molecule has 4 atom stereocenters. The zero-order valence-electron chi connectivity index (χ0n) is 18.2. The van der Waals surface area contributed by atoms with Gasteiger partial charge in [0.2, 0.25) is 5.91 Å². The molecular formula is C19H41Cl2N3O4. The summed E-state index contributed by atoms with van der Waals surface area (Å²) in [6.07, 6.45) is 0.562. The number of carbonyl (C=O) groups excluding carboxylic acids is 2. The number of carbonyl (C=O) groups is 2. The molecule has 0 aliphatic carbocycles. The number of ether oxygens (including phenoxy) is 1. The lowest BCUT2D eigenvalue weighted by atomic mass is 9.98. The van der Waals surface area contributed by atoms with E-state index < -0.39 is 24.2 Å². The normalized spacial score (nSPS) is 15.3. The van der Waals surface area contributed by atoms with Crippen molar-refractivity contribution in [2.75, 3.05) is 13.7 Å². The van der Waals surface area contributed by atoms with Gasteiger partial charge in [-0.15, -0.1) is 24.8 Å². The molecule has 170 valence electrons. The highest BCUT2D eigenvalue weighted by molar-refractivity contribution is 5.87. The first-order valence-electron chi connectivity index (χ1n) is 9.54. The molecule has 0 fully saturated rings. The van der Waals surface area contributed by atoms with Gasteiger partial charge in [-0.25, -0.2) is 4.79 Å². The molecule has 0 saturated carbocycles.